The Labute approximate surface area is 110 Å². The van der Waals surface area contributed by atoms with Gasteiger partial charge in [-0.1, -0.05) is 33.8 Å². The minimum Gasteiger partial charge on any atom is -0.504 e. The number of methoxy groups -OCH3 is 1. The Morgan fingerprint density at radius 2 is 1.94 bits per heavy atom. The summed E-state index contributed by atoms with van der Waals surface area (Å²) in [7, 11) is 1.59. The second-order valence-corrected chi connectivity index (χ2v) is 5.85. The summed E-state index contributed by atoms with van der Waals surface area (Å²) in [4.78, 5) is 0. The Morgan fingerprint density at radius 3 is 2.39 bits per heavy atom. The fourth-order valence-corrected chi connectivity index (χ4v) is 2.06. The lowest BCUT2D eigenvalue weighted by Crippen LogP contribution is -2.13. The van der Waals surface area contributed by atoms with Crippen molar-refractivity contribution in [3.8, 4) is 11.5 Å². The van der Waals surface area contributed by atoms with Gasteiger partial charge in [-0.2, -0.15) is 0 Å². The summed E-state index contributed by atoms with van der Waals surface area (Å²) in [5.74, 6) is 1.06. The van der Waals surface area contributed by atoms with Crippen LogP contribution >= 0.6 is 0 Å². The molecule has 3 N–H and O–H groups in total. The molecule has 0 spiro atoms. The van der Waals surface area contributed by atoms with E-state index in [4.69, 9.17) is 10.5 Å². The molecule has 0 amide bonds. The minimum absolute atomic E-state index is 0.000929. The molecule has 1 rings (SSSR count). The number of nitrogens with two attached hydrogens (primary N) is 1. The number of aromatic hydroxyl groups is 1. The summed E-state index contributed by atoms with van der Waals surface area (Å²) < 4.78 is 5.32. The predicted molar refractivity (Wildman–Crippen MR) is 75.4 cm³/mol. The number of ether oxygens (including phenoxy) is 1. The van der Waals surface area contributed by atoms with Crippen LogP contribution in [0.3, 0.4) is 0 Å². The third-order valence-electron chi connectivity index (χ3n) is 3.30. The van der Waals surface area contributed by atoms with E-state index >= 15 is 0 Å². The van der Waals surface area contributed by atoms with Crippen molar-refractivity contribution in [2.24, 2.45) is 5.73 Å². The van der Waals surface area contributed by atoms with Crippen LogP contribution in [0.1, 0.15) is 51.2 Å². The smallest absolute Gasteiger partial charge is 0.163 e. The maximum absolute atomic E-state index is 10.1. The summed E-state index contributed by atoms with van der Waals surface area (Å²) in [6, 6.07) is 3.91. The molecule has 3 nitrogen and oxygen atoms in total. The highest BCUT2D eigenvalue weighted by atomic mass is 16.5. The van der Waals surface area contributed by atoms with E-state index in [1.807, 2.05) is 0 Å². The van der Waals surface area contributed by atoms with Gasteiger partial charge in [0.2, 0.25) is 0 Å². The minimum atomic E-state index is 0.000929. The summed E-state index contributed by atoms with van der Waals surface area (Å²) in [5, 5.41) is 10.1. The third-order valence-corrected chi connectivity index (χ3v) is 3.30. The molecule has 0 bridgehead atoms. The first-order chi connectivity index (χ1) is 8.31. The molecule has 1 aromatic rings. The number of phenolic OH excluding ortho intramolecular Hbond substituents is 1. The Bertz CT molecular complexity index is 408. The summed E-state index contributed by atoms with van der Waals surface area (Å²) >= 11 is 0. The van der Waals surface area contributed by atoms with Crippen LogP contribution in [-0.2, 0) is 5.41 Å². The molecule has 102 valence electrons. The van der Waals surface area contributed by atoms with Crippen molar-refractivity contribution in [1.29, 1.82) is 0 Å². The van der Waals surface area contributed by atoms with Crippen molar-refractivity contribution in [1.82, 2.24) is 0 Å². The average Bonchev–Trinajstić information content (AvgIpc) is 2.27. The largest absolute Gasteiger partial charge is 0.504 e. The first-order valence-corrected chi connectivity index (χ1v) is 6.42. The molecule has 1 aromatic carbocycles. The van der Waals surface area contributed by atoms with Gasteiger partial charge in [0.05, 0.1) is 7.11 Å². The zero-order valence-electron chi connectivity index (χ0n) is 12.1. The van der Waals surface area contributed by atoms with Crippen LogP contribution in [0.2, 0.25) is 0 Å². The van der Waals surface area contributed by atoms with E-state index in [1.54, 1.807) is 13.2 Å². The highest BCUT2D eigenvalue weighted by molar-refractivity contribution is 5.51. The Morgan fingerprint density at radius 1 is 1.33 bits per heavy atom. The molecule has 0 aliphatic carbocycles. The maximum Gasteiger partial charge on any atom is 0.163 e. The first kappa shape index (κ1) is 14.8. The summed E-state index contributed by atoms with van der Waals surface area (Å²) in [5.41, 5.74) is 7.76. The number of hydrogen-bond donors (Lipinski definition) is 2. The lowest BCUT2D eigenvalue weighted by atomic mass is 9.83. The number of rotatable bonds is 4. The average molecular weight is 251 g/mol. The molecular formula is C15H25NO2. The van der Waals surface area contributed by atoms with Crippen LogP contribution in [-0.4, -0.2) is 18.8 Å². The van der Waals surface area contributed by atoms with E-state index in [2.05, 4.69) is 33.8 Å². The molecule has 0 radical (unpaired) electrons. The van der Waals surface area contributed by atoms with Gasteiger partial charge in [0, 0.05) is 5.56 Å². The lowest BCUT2D eigenvalue weighted by Gasteiger charge is -2.24. The van der Waals surface area contributed by atoms with Gasteiger partial charge in [0.15, 0.2) is 11.5 Å². The van der Waals surface area contributed by atoms with Crippen LogP contribution < -0.4 is 10.5 Å². The fourth-order valence-electron chi connectivity index (χ4n) is 2.06. The van der Waals surface area contributed by atoms with Gasteiger partial charge in [0.25, 0.3) is 0 Å². The summed E-state index contributed by atoms with van der Waals surface area (Å²) in [6.07, 6.45) is 0.878. The van der Waals surface area contributed by atoms with E-state index in [0.717, 1.165) is 17.5 Å². The SMILES string of the molecule is COc1c(O)cc(C(C)(C)C)cc1C(C)CCN. The van der Waals surface area contributed by atoms with Crippen molar-refractivity contribution in [2.45, 2.75) is 45.4 Å². The van der Waals surface area contributed by atoms with Crippen molar-refractivity contribution in [3.63, 3.8) is 0 Å². The van der Waals surface area contributed by atoms with Crippen molar-refractivity contribution in [3.05, 3.63) is 23.3 Å². The van der Waals surface area contributed by atoms with Crippen molar-refractivity contribution in [2.75, 3.05) is 13.7 Å². The number of phenols is 1. The molecule has 0 aliphatic rings. The normalized spacial score (nSPS) is 13.4. The maximum atomic E-state index is 10.1. The van der Waals surface area contributed by atoms with E-state index < -0.39 is 0 Å². The molecule has 18 heavy (non-hydrogen) atoms. The van der Waals surface area contributed by atoms with E-state index in [9.17, 15) is 5.11 Å². The van der Waals surface area contributed by atoms with Crippen molar-refractivity contribution >= 4 is 0 Å². The third kappa shape index (κ3) is 3.16. The molecule has 0 saturated heterocycles. The second kappa shape index (κ2) is 5.61. The molecular weight excluding hydrogens is 226 g/mol. The standard InChI is InChI=1S/C15H25NO2/c1-10(6-7-16)12-8-11(15(2,3)4)9-13(17)14(12)18-5/h8-10,17H,6-7,16H2,1-5H3. The second-order valence-electron chi connectivity index (χ2n) is 5.85. The number of benzene rings is 1. The number of hydrogen-bond acceptors (Lipinski definition) is 3. The Hall–Kier alpha value is -1.22. The first-order valence-electron chi connectivity index (χ1n) is 6.42. The lowest BCUT2D eigenvalue weighted by molar-refractivity contribution is 0.364. The van der Waals surface area contributed by atoms with Gasteiger partial charge in [0.1, 0.15) is 0 Å². The quantitative estimate of drug-likeness (QED) is 0.864. The van der Waals surface area contributed by atoms with Gasteiger partial charge in [-0.05, 0) is 35.9 Å². The summed E-state index contributed by atoms with van der Waals surface area (Å²) in [6.45, 7) is 9.13. The fraction of sp³-hybridized carbons (Fsp3) is 0.600. The molecule has 0 fully saturated rings. The van der Waals surface area contributed by atoms with Crippen LogP contribution in [0.25, 0.3) is 0 Å². The molecule has 1 atom stereocenters. The van der Waals surface area contributed by atoms with Crippen LogP contribution in [0.5, 0.6) is 11.5 Å². The van der Waals surface area contributed by atoms with Gasteiger partial charge in [-0.3, -0.25) is 0 Å². The van der Waals surface area contributed by atoms with Gasteiger partial charge < -0.3 is 15.6 Å². The van der Waals surface area contributed by atoms with E-state index in [0.29, 0.717) is 12.3 Å². The topological polar surface area (TPSA) is 55.5 Å². The molecule has 1 unspecified atom stereocenters. The van der Waals surface area contributed by atoms with E-state index in [-0.39, 0.29) is 17.1 Å². The molecule has 0 aliphatic heterocycles. The van der Waals surface area contributed by atoms with Crippen LogP contribution in [0.15, 0.2) is 12.1 Å². The van der Waals surface area contributed by atoms with Crippen molar-refractivity contribution < 1.29 is 9.84 Å². The highest BCUT2D eigenvalue weighted by Crippen LogP contribution is 2.40. The molecule has 0 heterocycles. The monoisotopic (exact) mass is 251 g/mol. The van der Waals surface area contributed by atoms with Gasteiger partial charge in [-0.25, -0.2) is 0 Å². The molecule has 0 aromatic heterocycles. The Balaban J connectivity index is 3.32. The zero-order chi connectivity index (χ0) is 13.9. The van der Waals surface area contributed by atoms with Crippen LogP contribution in [0, 0.1) is 0 Å². The van der Waals surface area contributed by atoms with Gasteiger partial charge in [-0.15, -0.1) is 0 Å². The molecule has 3 heteroatoms. The highest BCUT2D eigenvalue weighted by Gasteiger charge is 2.21. The van der Waals surface area contributed by atoms with E-state index in [1.165, 1.54) is 0 Å². The van der Waals surface area contributed by atoms with Gasteiger partial charge >= 0.3 is 0 Å². The Kier molecular flexibility index (Phi) is 4.63. The predicted octanol–water partition coefficient (Wildman–Crippen LogP) is 3.15. The zero-order valence-corrected chi connectivity index (χ0v) is 12.1. The molecule has 0 saturated carbocycles. The van der Waals surface area contributed by atoms with Crippen LogP contribution in [0.4, 0.5) is 0 Å².